The Morgan fingerprint density at radius 2 is 2.24 bits per heavy atom. The quantitative estimate of drug-likeness (QED) is 0.775. The number of benzene rings is 1. The van der Waals surface area contributed by atoms with Crippen LogP contribution in [0.2, 0.25) is 0 Å². The normalized spacial score (nSPS) is 24.5. The van der Waals surface area contributed by atoms with Gasteiger partial charge in [0, 0.05) is 19.4 Å². The van der Waals surface area contributed by atoms with Crippen molar-refractivity contribution < 1.29 is 9.53 Å². The van der Waals surface area contributed by atoms with Crippen LogP contribution in [0.3, 0.4) is 0 Å². The molecule has 1 aromatic carbocycles. The van der Waals surface area contributed by atoms with Crippen LogP contribution >= 0.6 is 0 Å². The lowest BCUT2D eigenvalue weighted by molar-refractivity contribution is -0.122. The van der Waals surface area contributed by atoms with Crippen molar-refractivity contribution in [3.05, 3.63) is 29.8 Å². The van der Waals surface area contributed by atoms with Crippen LogP contribution in [0.25, 0.3) is 0 Å². The maximum absolute atomic E-state index is 11.4. The summed E-state index contributed by atoms with van der Waals surface area (Å²) in [7, 11) is 0. The van der Waals surface area contributed by atoms with Gasteiger partial charge in [-0.1, -0.05) is 18.2 Å². The van der Waals surface area contributed by atoms with Crippen LogP contribution in [-0.2, 0) is 11.2 Å². The Morgan fingerprint density at radius 1 is 1.35 bits per heavy atom. The number of ketones is 1. The molecule has 0 bridgehead atoms. The Morgan fingerprint density at radius 3 is 3.06 bits per heavy atom. The van der Waals surface area contributed by atoms with E-state index in [9.17, 15) is 4.79 Å². The lowest BCUT2D eigenvalue weighted by Gasteiger charge is -2.27. The van der Waals surface area contributed by atoms with E-state index in [0.29, 0.717) is 12.3 Å². The average molecular weight is 231 g/mol. The topological polar surface area (TPSA) is 29.5 Å². The predicted molar refractivity (Wildman–Crippen MR) is 65.2 cm³/mol. The number of likely N-dealkylation sites (tertiary alicyclic amines) is 1. The first-order chi connectivity index (χ1) is 8.31. The number of rotatable bonds is 2. The molecule has 3 rings (SSSR count). The minimum absolute atomic E-state index is 0.221. The van der Waals surface area contributed by atoms with Crippen LogP contribution in [0.5, 0.6) is 5.75 Å². The van der Waals surface area contributed by atoms with Gasteiger partial charge in [0.15, 0.2) is 0 Å². The number of para-hydroxylation sites is 1. The molecule has 3 heteroatoms. The molecule has 2 aliphatic rings. The van der Waals surface area contributed by atoms with Gasteiger partial charge in [-0.25, -0.2) is 0 Å². The summed E-state index contributed by atoms with van der Waals surface area (Å²) < 4.78 is 5.89. The van der Waals surface area contributed by atoms with E-state index in [1.807, 2.05) is 12.1 Å². The van der Waals surface area contributed by atoms with E-state index in [4.69, 9.17) is 4.74 Å². The highest BCUT2D eigenvalue weighted by Crippen LogP contribution is 2.28. The summed E-state index contributed by atoms with van der Waals surface area (Å²) in [6.07, 6.45) is 2.94. The van der Waals surface area contributed by atoms with Crippen LogP contribution in [0.4, 0.5) is 0 Å². The molecule has 3 nitrogen and oxygen atoms in total. The fourth-order valence-electron chi connectivity index (χ4n) is 2.71. The molecule has 1 aromatic rings. The molecule has 2 heterocycles. The molecule has 0 aliphatic carbocycles. The fourth-order valence-corrected chi connectivity index (χ4v) is 2.71. The maximum Gasteiger partial charge on any atom is 0.146 e. The molecule has 1 saturated heterocycles. The molecule has 90 valence electrons. The third-order valence-electron chi connectivity index (χ3n) is 3.51. The second kappa shape index (κ2) is 4.49. The summed E-state index contributed by atoms with van der Waals surface area (Å²) in [5.74, 6) is 1.38. The summed E-state index contributed by atoms with van der Waals surface area (Å²) in [4.78, 5) is 13.6. The molecule has 1 fully saturated rings. The maximum atomic E-state index is 11.4. The van der Waals surface area contributed by atoms with Gasteiger partial charge in [0.2, 0.25) is 0 Å². The summed E-state index contributed by atoms with van der Waals surface area (Å²) >= 11 is 0. The van der Waals surface area contributed by atoms with Gasteiger partial charge >= 0.3 is 0 Å². The Hall–Kier alpha value is -1.35. The minimum atomic E-state index is 0.221. The third kappa shape index (κ3) is 2.34. The van der Waals surface area contributed by atoms with Crippen LogP contribution in [-0.4, -0.2) is 36.4 Å². The highest BCUT2D eigenvalue weighted by Gasteiger charge is 2.26. The molecule has 2 aliphatic heterocycles. The van der Waals surface area contributed by atoms with Gasteiger partial charge in [0.1, 0.15) is 17.6 Å². The van der Waals surface area contributed by atoms with Crippen molar-refractivity contribution in [1.82, 2.24) is 4.90 Å². The molecule has 17 heavy (non-hydrogen) atoms. The highest BCUT2D eigenvalue weighted by atomic mass is 16.5. The third-order valence-corrected chi connectivity index (χ3v) is 3.51. The van der Waals surface area contributed by atoms with Crippen molar-refractivity contribution >= 4 is 5.78 Å². The van der Waals surface area contributed by atoms with Gasteiger partial charge in [-0.15, -0.1) is 0 Å². The zero-order chi connectivity index (χ0) is 11.7. The molecule has 0 N–H and O–H groups in total. The Labute approximate surface area is 101 Å². The number of piperidine rings is 1. The zero-order valence-corrected chi connectivity index (χ0v) is 9.89. The first kappa shape index (κ1) is 10.8. The smallest absolute Gasteiger partial charge is 0.146 e. The van der Waals surface area contributed by atoms with Gasteiger partial charge in [-0.05, 0) is 24.6 Å². The SMILES string of the molecule is O=C1CCCN(CC2Cc3ccccc3O2)C1. The van der Waals surface area contributed by atoms with Crippen molar-refractivity contribution in [2.45, 2.75) is 25.4 Å². The van der Waals surface area contributed by atoms with Gasteiger partial charge in [-0.2, -0.15) is 0 Å². The first-order valence-electron chi connectivity index (χ1n) is 6.30. The number of carbonyl (C=O) groups excluding carboxylic acids is 1. The van der Waals surface area contributed by atoms with E-state index >= 15 is 0 Å². The Kier molecular flexibility index (Phi) is 2.85. The molecule has 0 saturated carbocycles. The van der Waals surface area contributed by atoms with E-state index in [-0.39, 0.29) is 6.10 Å². The molecule has 0 amide bonds. The van der Waals surface area contributed by atoms with Gasteiger partial charge in [-0.3, -0.25) is 9.69 Å². The highest BCUT2D eigenvalue weighted by molar-refractivity contribution is 5.81. The number of nitrogens with zero attached hydrogens (tertiary/aromatic N) is 1. The van der Waals surface area contributed by atoms with Gasteiger partial charge in [0.25, 0.3) is 0 Å². The van der Waals surface area contributed by atoms with Crippen LogP contribution in [0.1, 0.15) is 18.4 Å². The number of fused-ring (bicyclic) bond motifs is 1. The van der Waals surface area contributed by atoms with Crippen molar-refractivity contribution in [2.75, 3.05) is 19.6 Å². The first-order valence-corrected chi connectivity index (χ1v) is 6.30. The Bertz CT molecular complexity index is 405. The molecule has 0 spiro atoms. The fraction of sp³-hybridized carbons (Fsp3) is 0.500. The lowest BCUT2D eigenvalue weighted by Crippen LogP contribution is -2.41. The summed E-state index contributed by atoms with van der Waals surface area (Å²) in [6, 6.07) is 8.20. The molecule has 0 aromatic heterocycles. The summed E-state index contributed by atoms with van der Waals surface area (Å²) in [5.41, 5.74) is 1.29. The van der Waals surface area contributed by atoms with Crippen molar-refractivity contribution in [3.63, 3.8) is 0 Å². The van der Waals surface area contributed by atoms with Crippen LogP contribution in [0.15, 0.2) is 24.3 Å². The molecule has 1 atom stereocenters. The largest absolute Gasteiger partial charge is 0.488 e. The summed E-state index contributed by atoms with van der Waals surface area (Å²) in [6.45, 7) is 2.51. The zero-order valence-electron chi connectivity index (χ0n) is 9.89. The van der Waals surface area contributed by atoms with E-state index in [1.54, 1.807) is 0 Å². The van der Waals surface area contributed by atoms with Crippen LogP contribution in [0, 0.1) is 0 Å². The standard InChI is InChI=1S/C14H17NO2/c16-12-5-3-7-15(9-12)10-13-8-11-4-1-2-6-14(11)17-13/h1-2,4,6,13H,3,5,7-10H2. The van der Waals surface area contributed by atoms with E-state index < -0.39 is 0 Å². The van der Waals surface area contributed by atoms with Crippen molar-refractivity contribution in [1.29, 1.82) is 0 Å². The molecule has 1 unspecified atom stereocenters. The Balaban J connectivity index is 1.60. The van der Waals surface area contributed by atoms with E-state index in [1.165, 1.54) is 5.56 Å². The average Bonchev–Trinajstić information content (AvgIpc) is 2.71. The van der Waals surface area contributed by atoms with Crippen molar-refractivity contribution in [2.24, 2.45) is 0 Å². The minimum Gasteiger partial charge on any atom is -0.488 e. The molecular weight excluding hydrogens is 214 g/mol. The lowest BCUT2D eigenvalue weighted by atomic mass is 10.1. The van der Waals surface area contributed by atoms with Gasteiger partial charge < -0.3 is 4.74 Å². The number of hydrogen-bond donors (Lipinski definition) is 0. The number of hydrogen-bond acceptors (Lipinski definition) is 3. The predicted octanol–water partition coefficient (Wildman–Crippen LogP) is 1.66. The van der Waals surface area contributed by atoms with Crippen LogP contribution < -0.4 is 4.74 Å². The second-order valence-electron chi connectivity index (χ2n) is 4.93. The number of carbonyl (C=O) groups is 1. The number of Topliss-reactive ketones (excluding diaryl/α,β-unsaturated/α-hetero) is 1. The number of ether oxygens (including phenoxy) is 1. The second-order valence-corrected chi connectivity index (χ2v) is 4.93. The van der Waals surface area contributed by atoms with Gasteiger partial charge in [0.05, 0.1) is 6.54 Å². The molecular formula is C14H17NO2. The summed E-state index contributed by atoms with van der Waals surface area (Å²) in [5, 5.41) is 0. The molecule has 0 radical (unpaired) electrons. The van der Waals surface area contributed by atoms with Crippen molar-refractivity contribution in [3.8, 4) is 5.75 Å². The van der Waals surface area contributed by atoms with E-state index in [0.717, 1.165) is 38.1 Å². The van der Waals surface area contributed by atoms with E-state index in [2.05, 4.69) is 17.0 Å². The monoisotopic (exact) mass is 231 g/mol.